The number of nitrogens with zero attached hydrogens (tertiary/aromatic N) is 1. The second kappa shape index (κ2) is 10.3. The fourth-order valence-electron chi connectivity index (χ4n) is 2.84. The van der Waals surface area contributed by atoms with E-state index in [0.717, 1.165) is 43.3 Å². The first-order valence-electron chi connectivity index (χ1n) is 9.00. The lowest BCUT2D eigenvalue weighted by Crippen LogP contribution is -2.41. The molecule has 0 unspecified atom stereocenters. The third kappa shape index (κ3) is 6.12. The molecule has 28 heavy (non-hydrogen) atoms. The Morgan fingerprint density at radius 1 is 1.25 bits per heavy atom. The molecule has 0 spiro atoms. The van der Waals surface area contributed by atoms with E-state index in [9.17, 15) is 13.6 Å². The fourth-order valence-corrected chi connectivity index (χ4v) is 3.58. The van der Waals surface area contributed by atoms with Crippen LogP contribution in [0.4, 0.5) is 8.78 Å². The van der Waals surface area contributed by atoms with Gasteiger partial charge in [0.15, 0.2) is 0 Å². The number of halogens is 2. The summed E-state index contributed by atoms with van der Waals surface area (Å²) < 4.78 is 34.2. The molecule has 150 valence electrons. The summed E-state index contributed by atoms with van der Waals surface area (Å²) in [6.07, 6.45) is 1.75. The molecular formula is C20H22F2N2O3S. The van der Waals surface area contributed by atoms with Gasteiger partial charge < -0.3 is 14.8 Å². The standard InChI is InChI=1S/C20H22F2N2O3S/c21-20(22)27-16-5-3-15(4-6-16)14-17(18-2-1-13-28-18)19(25)23-7-8-24-9-11-26-12-10-24/h1-6,13-14,20H,7-12H2,(H,23,25)/b17-14+. The van der Waals surface area contributed by atoms with Gasteiger partial charge in [-0.3, -0.25) is 9.69 Å². The van der Waals surface area contributed by atoms with Gasteiger partial charge in [0.05, 0.1) is 18.8 Å². The van der Waals surface area contributed by atoms with Gasteiger partial charge in [0.2, 0.25) is 0 Å². The summed E-state index contributed by atoms with van der Waals surface area (Å²) in [4.78, 5) is 15.9. The maximum absolute atomic E-state index is 12.8. The Morgan fingerprint density at radius 2 is 2.00 bits per heavy atom. The number of nitrogens with one attached hydrogen (secondary N) is 1. The van der Waals surface area contributed by atoms with E-state index in [2.05, 4.69) is 15.0 Å². The van der Waals surface area contributed by atoms with Gasteiger partial charge in [0, 0.05) is 31.1 Å². The van der Waals surface area contributed by atoms with Crippen molar-refractivity contribution in [2.24, 2.45) is 0 Å². The largest absolute Gasteiger partial charge is 0.435 e. The van der Waals surface area contributed by atoms with Crippen LogP contribution in [0.2, 0.25) is 0 Å². The molecule has 1 N–H and O–H groups in total. The number of amides is 1. The number of hydrogen-bond donors (Lipinski definition) is 1. The van der Waals surface area contributed by atoms with Gasteiger partial charge in [-0.15, -0.1) is 11.3 Å². The van der Waals surface area contributed by atoms with Crippen molar-refractivity contribution < 1.29 is 23.0 Å². The van der Waals surface area contributed by atoms with Crippen molar-refractivity contribution in [1.29, 1.82) is 0 Å². The number of hydrogen-bond acceptors (Lipinski definition) is 5. The molecule has 1 aliphatic rings. The van der Waals surface area contributed by atoms with Crippen molar-refractivity contribution in [2.75, 3.05) is 39.4 Å². The first-order valence-corrected chi connectivity index (χ1v) is 9.88. The summed E-state index contributed by atoms with van der Waals surface area (Å²) >= 11 is 1.47. The van der Waals surface area contributed by atoms with E-state index < -0.39 is 6.61 Å². The van der Waals surface area contributed by atoms with E-state index >= 15 is 0 Å². The monoisotopic (exact) mass is 408 g/mol. The van der Waals surface area contributed by atoms with Crippen molar-refractivity contribution >= 4 is 28.9 Å². The third-order valence-corrected chi connectivity index (χ3v) is 5.17. The highest BCUT2D eigenvalue weighted by atomic mass is 32.1. The molecule has 1 saturated heterocycles. The smallest absolute Gasteiger partial charge is 0.387 e. The lowest BCUT2D eigenvalue weighted by molar-refractivity contribution is -0.115. The van der Waals surface area contributed by atoms with Crippen LogP contribution in [0, 0.1) is 0 Å². The minimum absolute atomic E-state index is 0.0831. The second-order valence-corrected chi connectivity index (χ2v) is 7.14. The van der Waals surface area contributed by atoms with Crippen molar-refractivity contribution in [2.45, 2.75) is 6.61 Å². The number of ether oxygens (including phenoxy) is 2. The zero-order chi connectivity index (χ0) is 19.8. The maximum atomic E-state index is 12.8. The Hall–Kier alpha value is -2.29. The minimum atomic E-state index is -2.86. The van der Waals surface area contributed by atoms with Crippen molar-refractivity contribution in [3.8, 4) is 5.75 Å². The van der Waals surface area contributed by atoms with E-state index in [-0.39, 0.29) is 11.7 Å². The SMILES string of the molecule is O=C(NCCN1CCOCC1)/C(=C/c1ccc(OC(F)F)cc1)c1cccs1. The number of thiophene rings is 1. The molecule has 1 aromatic heterocycles. The van der Waals surface area contributed by atoms with Gasteiger partial charge in [0.1, 0.15) is 5.75 Å². The van der Waals surface area contributed by atoms with E-state index in [0.29, 0.717) is 12.1 Å². The number of rotatable bonds is 8. The Labute approximate surface area is 166 Å². The minimum Gasteiger partial charge on any atom is -0.435 e. The molecule has 1 amide bonds. The van der Waals surface area contributed by atoms with Crippen LogP contribution >= 0.6 is 11.3 Å². The molecule has 0 aliphatic carbocycles. The van der Waals surface area contributed by atoms with Crippen LogP contribution in [0.1, 0.15) is 10.4 Å². The molecule has 0 radical (unpaired) electrons. The van der Waals surface area contributed by atoms with Crippen LogP contribution in [-0.2, 0) is 9.53 Å². The fraction of sp³-hybridized carbons (Fsp3) is 0.350. The molecule has 0 atom stereocenters. The number of carbonyl (C=O) groups excluding carboxylic acids is 1. The molecule has 3 rings (SSSR count). The van der Waals surface area contributed by atoms with E-state index in [1.54, 1.807) is 18.2 Å². The Balaban J connectivity index is 1.66. The van der Waals surface area contributed by atoms with Gasteiger partial charge >= 0.3 is 6.61 Å². The zero-order valence-corrected chi connectivity index (χ0v) is 16.1. The van der Waals surface area contributed by atoms with Crippen molar-refractivity contribution in [3.05, 3.63) is 52.2 Å². The van der Waals surface area contributed by atoms with E-state index in [4.69, 9.17) is 4.74 Å². The van der Waals surface area contributed by atoms with E-state index in [1.165, 1.54) is 23.5 Å². The van der Waals surface area contributed by atoms with Crippen LogP contribution in [0.15, 0.2) is 41.8 Å². The van der Waals surface area contributed by atoms with Gasteiger partial charge in [-0.1, -0.05) is 18.2 Å². The van der Waals surface area contributed by atoms with Gasteiger partial charge in [-0.25, -0.2) is 0 Å². The van der Waals surface area contributed by atoms with Gasteiger partial charge in [0.25, 0.3) is 5.91 Å². The van der Waals surface area contributed by atoms with Crippen molar-refractivity contribution in [3.63, 3.8) is 0 Å². The normalized spacial score (nSPS) is 15.6. The summed E-state index contributed by atoms with van der Waals surface area (Å²) in [5.74, 6) is -0.0802. The lowest BCUT2D eigenvalue weighted by Gasteiger charge is -2.26. The second-order valence-electron chi connectivity index (χ2n) is 6.19. The highest BCUT2D eigenvalue weighted by molar-refractivity contribution is 7.11. The number of carbonyl (C=O) groups is 1. The molecule has 0 bridgehead atoms. The summed E-state index contributed by atoms with van der Waals surface area (Å²) in [5, 5.41) is 4.88. The van der Waals surface area contributed by atoms with Crippen LogP contribution in [0.25, 0.3) is 11.6 Å². The number of benzene rings is 1. The average Bonchev–Trinajstić information content (AvgIpc) is 3.22. The molecule has 2 heterocycles. The third-order valence-electron chi connectivity index (χ3n) is 4.26. The quantitative estimate of drug-likeness (QED) is 0.681. The van der Waals surface area contributed by atoms with E-state index in [1.807, 2.05) is 17.5 Å². The average molecular weight is 408 g/mol. The topological polar surface area (TPSA) is 50.8 Å². The lowest BCUT2D eigenvalue weighted by atomic mass is 10.1. The molecule has 5 nitrogen and oxygen atoms in total. The Bertz CT molecular complexity index is 773. The van der Waals surface area contributed by atoms with Crippen LogP contribution in [0.5, 0.6) is 5.75 Å². The molecule has 2 aromatic rings. The highest BCUT2D eigenvalue weighted by Crippen LogP contribution is 2.24. The van der Waals surface area contributed by atoms with Gasteiger partial charge in [-0.2, -0.15) is 8.78 Å². The first kappa shape index (κ1) is 20.4. The molecule has 1 aromatic carbocycles. The number of alkyl halides is 2. The Morgan fingerprint density at radius 3 is 2.64 bits per heavy atom. The zero-order valence-electron chi connectivity index (χ0n) is 15.3. The van der Waals surface area contributed by atoms with Crippen LogP contribution in [0.3, 0.4) is 0 Å². The highest BCUT2D eigenvalue weighted by Gasteiger charge is 2.15. The molecule has 0 saturated carbocycles. The maximum Gasteiger partial charge on any atom is 0.387 e. The predicted molar refractivity (Wildman–Crippen MR) is 106 cm³/mol. The first-order chi connectivity index (χ1) is 13.6. The molecule has 8 heteroatoms. The van der Waals surface area contributed by atoms with Crippen LogP contribution < -0.4 is 10.1 Å². The Kier molecular flexibility index (Phi) is 7.53. The molecule has 1 fully saturated rings. The number of morpholine rings is 1. The van der Waals surface area contributed by atoms with Gasteiger partial charge in [-0.05, 0) is 35.2 Å². The summed E-state index contributed by atoms with van der Waals surface area (Å²) in [6.45, 7) is 1.64. The summed E-state index contributed by atoms with van der Waals surface area (Å²) in [6, 6.07) is 9.97. The van der Waals surface area contributed by atoms with Crippen LogP contribution in [-0.4, -0.2) is 56.8 Å². The molecule has 1 aliphatic heterocycles. The molecular weight excluding hydrogens is 386 g/mol. The summed E-state index contributed by atoms with van der Waals surface area (Å²) in [5.41, 5.74) is 1.27. The van der Waals surface area contributed by atoms with Crippen molar-refractivity contribution in [1.82, 2.24) is 10.2 Å². The summed E-state index contributed by atoms with van der Waals surface area (Å²) in [7, 11) is 0. The predicted octanol–water partition coefficient (Wildman–Crippen LogP) is 3.34.